The highest BCUT2D eigenvalue weighted by molar-refractivity contribution is 5.66. The summed E-state index contributed by atoms with van der Waals surface area (Å²) >= 11 is 0. The van der Waals surface area contributed by atoms with E-state index in [2.05, 4.69) is 19.1 Å². The summed E-state index contributed by atoms with van der Waals surface area (Å²) < 4.78 is 0. The molecule has 0 saturated carbocycles. The summed E-state index contributed by atoms with van der Waals surface area (Å²) in [4.78, 5) is 10.3. The molecule has 0 aliphatic carbocycles. The first-order valence-corrected chi connectivity index (χ1v) is 8.14. The molecule has 0 amide bonds. The first-order valence-electron chi connectivity index (χ1n) is 8.14. The molecule has 0 rings (SSSR count). The van der Waals surface area contributed by atoms with Gasteiger partial charge in [0.2, 0.25) is 0 Å². The SMILES string of the molecule is CCCCCCCCCC/C=C/CCCCC(=O)O. The van der Waals surface area contributed by atoms with Crippen molar-refractivity contribution in [1.29, 1.82) is 0 Å². The molecule has 0 aromatic heterocycles. The van der Waals surface area contributed by atoms with Crippen molar-refractivity contribution in [3.63, 3.8) is 0 Å². The van der Waals surface area contributed by atoms with Gasteiger partial charge in [0.05, 0.1) is 0 Å². The van der Waals surface area contributed by atoms with E-state index in [1.807, 2.05) is 0 Å². The summed E-state index contributed by atoms with van der Waals surface area (Å²) in [5.74, 6) is -0.678. The largest absolute Gasteiger partial charge is 0.481 e. The average Bonchev–Trinajstić information content (AvgIpc) is 2.39. The van der Waals surface area contributed by atoms with E-state index in [1.54, 1.807) is 0 Å². The molecule has 0 bridgehead atoms. The third-order valence-electron chi connectivity index (χ3n) is 3.40. The quantitative estimate of drug-likeness (QED) is 0.323. The number of aliphatic carboxylic acids is 1. The van der Waals surface area contributed by atoms with Crippen molar-refractivity contribution >= 4 is 5.97 Å². The van der Waals surface area contributed by atoms with E-state index in [1.165, 1.54) is 57.8 Å². The van der Waals surface area contributed by atoms with Crippen LogP contribution in [0, 0.1) is 0 Å². The minimum absolute atomic E-state index is 0.311. The molecule has 0 aromatic carbocycles. The molecule has 2 nitrogen and oxygen atoms in total. The number of carboxylic acids is 1. The molecule has 0 unspecified atom stereocenters. The third kappa shape index (κ3) is 17.2. The molecular weight excluding hydrogens is 236 g/mol. The Labute approximate surface area is 119 Å². The molecule has 0 atom stereocenters. The summed E-state index contributed by atoms with van der Waals surface area (Å²) in [5, 5.41) is 8.49. The molecule has 0 radical (unpaired) electrons. The van der Waals surface area contributed by atoms with Gasteiger partial charge in [-0.3, -0.25) is 4.79 Å². The fraction of sp³-hybridized carbons (Fsp3) is 0.824. The minimum Gasteiger partial charge on any atom is -0.481 e. The van der Waals surface area contributed by atoms with Gasteiger partial charge in [-0.25, -0.2) is 0 Å². The summed E-state index contributed by atoms with van der Waals surface area (Å²) in [7, 11) is 0. The van der Waals surface area contributed by atoms with Crippen LogP contribution in [0.2, 0.25) is 0 Å². The maximum atomic E-state index is 10.3. The van der Waals surface area contributed by atoms with Crippen LogP contribution in [0.25, 0.3) is 0 Å². The van der Waals surface area contributed by atoms with Crippen LogP contribution in [-0.2, 0) is 4.79 Å². The van der Waals surface area contributed by atoms with E-state index in [4.69, 9.17) is 5.11 Å². The van der Waals surface area contributed by atoms with Crippen molar-refractivity contribution in [2.45, 2.75) is 90.4 Å². The number of rotatable bonds is 14. The van der Waals surface area contributed by atoms with Crippen LogP contribution in [0.15, 0.2) is 12.2 Å². The van der Waals surface area contributed by atoms with Crippen LogP contribution in [0.1, 0.15) is 90.4 Å². The zero-order chi connectivity index (χ0) is 14.2. The van der Waals surface area contributed by atoms with Gasteiger partial charge in [-0.15, -0.1) is 0 Å². The summed E-state index contributed by atoms with van der Waals surface area (Å²) in [6.07, 6.45) is 19.8. The van der Waals surface area contributed by atoms with Crippen LogP contribution >= 0.6 is 0 Å². The standard InChI is InChI=1S/C17H32O2/c1-2-3-4-5-6-7-8-9-10-11-12-13-14-15-16-17(18)19/h11-12H,2-10,13-16H2,1H3,(H,18,19)/b12-11+. The Morgan fingerprint density at radius 1 is 0.789 bits per heavy atom. The molecule has 1 N–H and O–H groups in total. The van der Waals surface area contributed by atoms with E-state index in [0.29, 0.717) is 6.42 Å². The normalized spacial score (nSPS) is 11.2. The smallest absolute Gasteiger partial charge is 0.303 e. The fourth-order valence-corrected chi connectivity index (χ4v) is 2.17. The molecular formula is C17H32O2. The molecule has 112 valence electrons. The molecule has 0 aliphatic heterocycles. The average molecular weight is 268 g/mol. The number of hydrogen-bond acceptors (Lipinski definition) is 1. The van der Waals surface area contributed by atoms with Crippen LogP contribution in [0.3, 0.4) is 0 Å². The molecule has 0 saturated heterocycles. The minimum atomic E-state index is -0.678. The maximum absolute atomic E-state index is 10.3. The van der Waals surface area contributed by atoms with Crippen molar-refractivity contribution < 1.29 is 9.90 Å². The number of carbonyl (C=O) groups is 1. The highest BCUT2D eigenvalue weighted by atomic mass is 16.4. The van der Waals surface area contributed by atoms with Crippen LogP contribution in [0.5, 0.6) is 0 Å². The van der Waals surface area contributed by atoms with Gasteiger partial charge >= 0.3 is 5.97 Å². The molecule has 0 aliphatic rings. The van der Waals surface area contributed by atoms with E-state index in [0.717, 1.165) is 19.3 Å². The van der Waals surface area contributed by atoms with Gasteiger partial charge in [0.25, 0.3) is 0 Å². The molecule has 0 fully saturated rings. The van der Waals surface area contributed by atoms with Gasteiger partial charge in [-0.05, 0) is 32.1 Å². The summed E-state index contributed by atoms with van der Waals surface area (Å²) in [6.45, 7) is 2.26. The summed E-state index contributed by atoms with van der Waals surface area (Å²) in [6, 6.07) is 0. The predicted octanol–water partition coefficient (Wildman–Crippen LogP) is 5.72. The Morgan fingerprint density at radius 3 is 1.79 bits per heavy atom. The lowest BCUT2D eigenvalue weighted by Crippen LogP contribution is -1.92. The molecule has 2 heteroatoms. The molecule has 0 spiro atoms. The second kappa shape index (κ2) is 15.3. The van der Waals surface area contributed by atoms with Crippen molar-refractivity contribution in [2.24, 2.45) is 0 Å². The van der Waals surface area contributed by atoms with Gasteiger partial charge in [0.1, 0.15) is 0 Å². The van der Waals surface area contributed by atoms with Gasteiger partial charge in [-0.1, -0.05) is 64.0 Å². The molecule has 0 heterocycles. The van der Waals surface area contributed by atoms with E-state index < -0.39 is 5.97 Å². The third-order valence-corrected chi connectivity index (χ3v) is 3.40. The second-order valence-electron chi connectivity index (χ2n) is 5.37. The fourth-order valence-electron chi connectivity index (χ4n) is 2.17. The van der Waals surface area contributed by atoms with E-state index >= 15 is 0 Å². The Hall–Kier alpha value is -0.790. The van der Waals surface area contributed by atoms with Gasteiger partial charge in [0.15, 0.2) is 0 Å². The monoisotopic (exact) mass is 268 g/mol. The van der Waals surface area contributed by atoms with Crippen molar-refractivity contribution in [3.8, 4) is 0 Å². The topological polar surface area (TPSA) is 37.3 Å². The molecule has 19 heavy (non-hydrogen) atoms. The van der Waals surface area contributed by atoms with Crippen molar-refractivity contribution in [2.75, 3.05) is 0 Å². The second-order valence-corrected chi connectivity index (χ2v) is 5.37. The highest BCUT2D eigenvalue weighted by Gasteiger charge is 1.94. The number of carboxylic acid groups (broad SMARTS) is 1. The van der Waals surface area contributed by atoms with Crippen LogP contribution in [0.4, 0.5) is 0 Å². The Morgan fingerprint density at radius 2 is 1.26 bits per heavy atom. The van der Waals surface area contributed by atoms with Crippen molar-refractivity contribution in [1.82, 2.24) is 0 Å². The lowest BCUT2D eigenvalue weighted by atomic mass is 10.1. The molecule has 0 aromatic rings. The first-order chi connectivity index (χ1) is 9.27. The van der Waals surface area contributed by atoms with Gasteiger partial charge < -0.3 is 5.11 Å². The predicted molar refractivity (Wildman–Crippen MR) is 82.5 cm³/mol. The number of hydrogen-bond donors (Lipinski definition) is 1. The van der Waals surface area contributed by atoms with E-state index in [9.17, 15) is 4.79 Å². The Kier molecular flexibility index (Phi) is 14.6. The Balaban J connectivity index is 3.06. The lowest BCUT2D eigenvalue weighted by Gasteiger charge is -1.99. The maximum Gasteiger partial charge on any atom is 0.303 e. The lowest BCUT2D eigenvalue weighted by molar-refractivity contribution is -0.137. The van der Waals surface area contributed by atoms with Crippen LogP contribution < -0.4 is 0 Å². The van der Waals surface area contributed by atoms with Crippen LogP contribution in [-0.4, -0.2) is 11.1 Å². The van der Waals surface area contributed by atoms with Crippen molar-refractivity contribution in [3.05, 3.63) is 12.2 Å². The number of unbranched alkanes of at least 4 members (excludes halogenated alkanes) is 10. The zero-order valence-electron chi connectivity index (χ0n) is 12.7. The van der Waals surface area contributed by atoms with Gasteiger partial charge in [0, 0.05) is 6.42 Å². The zero-order valence-corrected chi connectivity index (χ0v) is 12.7. The first kappa shape index (κ1) is 18.2. The number of allylic oxidation sites excluding steroid dienone is 2. The summed E-state index contributed by atoms with van der Waals surface area (Å²) in [5.41, 5.74) is 0. The van der Waals surface area contributed by atoms with Gasteiger partial charge in [-0.2, -0.15) is 0 Å². The Bertz CT molecular complexity index is 221. The highest BCUT2D eigenvalue weighted by Crippen LogP contribution is 2.10. The van der Waals surface area contributed by atoms with E-state index in [-0.39, 0.29) is 0 Å².